The molecule has 3 N–H and O–H groups in total. The summed E-state index contributed by atoms with van der Waals surface area (Å²) >= 11 is 0. The normalized spacial score (nSPS) is 24.4. The fourth-order valence-electron chi connectivity index (χ4n) is 2.02. The first kappa shape index (κ1) is 12.3. The first-order chi connectivity index (χ1) is 7.88. The third-order valence-corrected chi connectivity index (χ3v) is 4.54. The Kier molecular flexibility index (Phi) is 3.09. The lowest BCUT2D eigenvalue weighted by atomic mass is 9.83. The minimum absolute atomic E-state index is 0.0577. The van der Waals surface area contributed by atoms with Gasteiger partial charge in [0.15, 0.2) is 0 Å². The second-order valence-electron chi connectivity index (χ2n) is 4.58. The molecule has 0 atom stereocenters. The zero-order valence-electron chi connectivity index (χ0n) is 9.48. The van der Waals surface area contributed by atoms with E-state index < -0.39 is 15.8 Å². The molecular formula is C11H15FN2O2S. The summed E-state index contributed by atoms with van der Waals surface area (Å²) in [6, 6.07) is 3.28. The van der Waals surface area contributed by atoms with Crippen LogP contribution in [0.1, 0.15) is 19.8 Å². The highest BCUT2D eigenvalue weighted by Gasteiger charge is 2.30. The van der Waals surface area contributed by atoms with E-state index in [1.54, 1.807) is 0 Å². The van der Waals surface area contributed by atoms with Gasteiger partial charge in [-0.3, -0.25) is 0 Å². The van der Waals surface area contributed by atoms with Gasteiger partial charge in [0.05, 0.1) is 5.69 Å². The van der Waals surface area contributed by atoms with Crippen LogP contribution in [0.3, 0.4) is 0 Å². The number of nitrogen functional groups attached to an aromatic ring is 1. The summed E-state index contributed by atoms with van der Waals surface area (Å²) in [6.45, 7) is 2.06. The largest absolute Gasteiger partial charge is 0.398 e. The van der Waals surface area contributed by atoms with Gasteiger partial charge in [-0.1, -0.05) is 6.92 Å². The van der Waals surface area contributed by atoms with Gasteiger partial charge in [0, 0.05) is 6.04 Å². The van der Waals surface area contributed by atoms with Crippen molar-refractivity contribution < 1.29 is 12.8 Å². The Morgan fingerprint density at radius 1 is 1.41 bits per heavy atom. The Balaban J connectivity index is 2.22. The highest BCUT2D eigenvalue weighted by atomic mass is 32.2. The maximum atomic E-state index is 13.0. The SMILES string of the molecule is CC1CC(NS(=O)(=O)c2cc(F)ccc2N)C1. The maximum Gasteiger partial charge on any atom is 0.242 e. The topological polar surface area (TPSA) is 72.2 Å². The summed E-state index contributed by atoms with van der Waals surface area (Å²) in [5.41, 5.74) is 5.61. The number of halogens is 1. The zero-order chi connectivity index (χ0) is 12.6. The molecule has 1 saturated carbocycles. The summed E-state index contributed by atoms with van der Waals surface area (Å²) < 4.78 is 39.5. The molecule has 94 valence electrons. The van der Waals surface area contributed by atoms with Crippen LogP contribution in [-0.2, 0) is 10.0 Å². The van der Waals surface area contributed by atoms with Crippen LogP contribution in [0, 0.1) is 11.7 Å². The molecule has 1 aromatic rings. The van der Waals surface area contributed by atoms with Crippen molar-refractivity contribution in [2.24, 2.45) is 5.92 Å². The summed E-state index contributed by atoms with van der Waals surface area (Å²) in [4.78, 5) is -0.183. The standard InChI is InChI=1S/C11H15FN2O2S/c1-7-4-9(5-7)14-17(15,16)11-6-8(12)2-3-10(11)13/h2-3,6-7,9,14H,4-5,13H2,1H3. The molecule has 2 rings (SSSR count). The van der Waals surface area contributed by atoms with Crippen LogP contribution < -0.4 is 10.5 Å². The molecule has 0 saturated heterocycles. The number of rotatable bonds is 3. The second-order valence-corrected chi connectivity index (χ2v) is 6.26. The third kappa shape index (κ3) is 2.58. The number of nitrogens with one attached hydrogen (secondary N) is 1. The molecule has 0 bridgehead atoms. The van der Waals surface area contributed by atoms with E-state index in [-0.39, 0.29) is 16.6 Å². The van der Waals surface area contributed by atoms with Crippen molar-refractivity contribution in [1.82, 2.24) is 4.72 Å². The van der Waals surface area contributed by atoms with Crippen LogP contribution in [0.5, 0.6) is 0 Å². The maximum absolute atomic E-state index is 13.0. The lowest BCUT2D eigenvalue weighted by Gasteiger charge is -2.33. The average Bonchev–Trinajstić information content (AvgIpc) is 2.19. The van der Waals surface area contributed by atoms with E-state index in [0.717, 1.165) is 25.0 Å². The average molecular weight is 258 g/mol. The van der Waals surface area contributed by atoms with Crippen molar-refractivity contribution in [2.45, 2.75) is 30.7 Å². The molecule has 6 heteroatoms. The second kappa shape index (κ2) is 4.27. The number of sulfonamides is 1. The molecule has 0 unspecified atom stereocenters. The van der Waals surface area contributed by atoms with Gasteiger partial charge in [-0.2, -0.15) is 0 Å². The molecule has 0 aromatic heterocycles. The van der Waals surface area contributed by atoms with E-state index >= 15 is 0 Å². The Hall–Kier alpha value is -1.14. The Bertz CT molecular complexity index is 524. The van der Waals surface area contributed by atoms with E-state index in [1.807, 2.05) is 0 Å². The van der Waals surface area contributed by atoms with Crippen LogP contribution in [0.4, 0.5) is 10.1 Å². The molecule has 0 spiro atoms. The molecule has 4 nitrogen and oxygen atoms in total. The van der Waals surface area contributed by atoms with Crippen molar-refractivity contribution in [1.29, 1.82) is 0 Å². The van der Waals surface area contributed by atoms with Crippen LogP contribution in [-0.4, -0.2) is 14.5 Å². The molecular weight excluding hydrogens is 243 g/mol. The van der Waals surface area contributed by atoms with Crippen LogP contribution in [0.25, 0.3) is 0 Å². The summed E-state index contributed by atoms with van der Waals surface area (Å²) in [5.74, 6) is -0.0749. The molecule has 1 aromatic carbocycles. The quantitative estimate of drug-likeness (QED) is 0.807. The minimum Gasteiger partial charge on any atom is -0.398 e. The van der Waals surface area contributed by atoms with Gasteiger partial charge >= 0.3 is 0 Å². The number of nitrogens with two attached hydrogens (primary N) is 1. The number of benzene rings is 1. The van der Waals surface area contributed by atoms with Gasteiger partial charge in [-0.15, -0.1) is 0 Å². The molecule has 0 radical (unpaired) electrons. The lowest BCUT2D eigenvalue weighted by Crippen LogP contribution is -2.43. The molecule has 0 heterocycles. The lowest BCUT2D eigenvalue weighted by molar-refractivity contribution is 0.270. The van der Waals surface area contributed by atoms with Crippen molar-refractivity contribution >= 4 is 15.7 Å². The number of hydrogen-bond acceptors (Lipinski definition) is 3. The predicted octanol–water partition coefficient (Wildman–Crippen LogP) is 1.48. The number of anilines is 1. The first-order valence-electron chi connectivity index (χ1n) is 5.46. The fraction of sp³-hybridized carbons (Fsp3) is 0.455. The molecule has 1 aliphatic rings. The predicted molar refractivity (Wildman–Crippen MR) is 63.3 cm³/mol. The first-order valence-corrected chi connectivity index (χ1v) is 6.94. The monoisotopic (exact) mass is 258 g/mol. The van der Waals surface area contributed by atoms with Gasteiger partial charge in [0.1, 0.15) is 10.7 Å². The molecule has 0 aliphatic heterocycles. The zero-order valence-corrected chi connectivity index (χ0v) is 10.3. The highest BCUT2D eigenvalue weighted by Crippen LogP contribution is 2.28. The third-order valence-electron chi connectivity index (χ3n) is 2.96. The van der Waals surface area contributed by atoms with Crippen LogP contribution in [0.2, 0.25) is 0 Å². The van der Waals surface area contributed by atoms with Crippen molar-refractivity contribution in [3.8, 4) is 0 Å². The minimum atomic E-state index is -3.71. The van der Waals surface area contributed by atoms with Gasteiger partial charge < -0.3 is 5.73 Å². The van der Waals surface area contributed by atoms with E-state index in [9.17, 15) is 12.8 Å². The van der Waals surface area contributed by atoms with Crippen molar-refractivity contribution in [3.63, 3.8) is 0 Å². The Morgan fingerprint density at radius 2 is 2.06 bits per heavy atom. The van der Waals surface area contributed by atoms with Crippen LogP contribution in [0.15, 0.2) is 23.1 Å². The summed E-state index contributed by atoms with van der Waals surface area (Å²) in [6.07, 6.45) is 1.63. The number of hydrogen-bond donors (Lipinski definition) is 2. The Labute approximate surface area is 100 Å². The highest BCUT2D eigenvalue weighted by molar-refractivity contribution is 7.89. The van der Waals surface area contributed by atoms with Crippen molar-refractivity contribution in [3.05, 3.63) is 24.0 Å². The molecule has 1 aliphatic carbocycles. The van der Waals surface area contributed by atoms with Crippen molar-refractivity contribution in [2.75, 3.05) is 5.73 Å². The summed E-state index contributed by atoms with van der Waals surface area (Å²) in [5, 5.41) is 0. The van der Waals surface area contributed by atoms with Gasteiger partial charge in [0.25, 0.3) is 0 Å². The van der Waals surface area contributed by atoms with E-state index in [4.69, 9.17) is 5.73 Å². The fourth-order valence-corrected chi connectivity index (χ4v) is 3.43. The van der Waals surface area contributed by atoms with Gasteiger partial charge in [-0.05, 0) is 37.0 Å². The van der Waals surface area contributed by atoms with Gasteiger partial charge in [0.2, 0.25) is 10.0 Å². The van der Waals surface area contributed by atoms with E-state index in [0.29, 0.717) is 5.92 Å². The van der Waals surface area contributed by atoms with E-state index in [2.05, 4.69) is 11.6 Å². The molecule has 0 amide bonds. The molecule has 17 heavy (non-hydrogen) atoms. The Morgan fingerprint density at radius 3 is 2.65 bits per heavy atom. The van der Waals surface area contributed by atoms with E-state index in [1.165, 1.54) is 6.07 Å². The van der Waals surface area contributed by atoms with Gasteiger partial charge in [-0.25, -0.2) is 17.5 Å². The van der Waals surface area contributed by atoms with Crippen LogP contribution >= 0.6 is 0 Å². The summed E-state index contributed by atoms with van der Waals surface area (Å²) in [7, 11) is -3.71. The smallest absolute Gasteiger partial charge is 0.242 e. The molecule has 1 fully saturated rings.